The fourth-order valence-corrected chi connectivity index (χ4v) is 2.05. The Morgan fingerprint density at radius 2 is 2.00 bits per heavy atom. The fourth-order valence-electron chi connectivity index (χ4n) is 2.05. The number of carbonyl (C=O) groups excluding carboxylic acids is 2. The van der Waals surface area contributed by atoms with Crippen LogP contribution in [0.4, 0.5) is 13.2 Å². The van der Waals surface area contributed by atoms with Gasteiger partial charge in [-0.15, -0.1) is 0 Å². The highest BCUT2D eigenvalue weighted by Gasteiger charge is 2.40. The van der Waals surface area contributed by atoms with Gasteiger partial charge >= 0.3 is 12.1 Å². The van der Waals surface area contributed by atoms with Gasteiger partial charge < -0.3 is 19.7 Å². The van der Waals surface area contributed by atoms with Crippen LogP contribution < -0.4 is 5.32 Å². The fraction of sp³-hybridized carbons (Fsp3) is 0.417. The van der Waals surface area contributed by atoms with Crippen LogP contribution in [0, 0.1) is 0 Å². The molecule has 2 N–H and O–H groups in total. The monoisotopic (exact) mass is 320 g/mol. The SMILES string of the molecule is O=C(O)c1ccc(C(=O)N[C@@H]2CCN(CC(F)(F)F)C2=O)o1. The molecule has 22 heavy (non-hydrogen) atoms. The molecule has 120 valence electrons. The van der Waals surface area contributed by atoms with Crippen molar-refractivity contribution >= 4 is 17.8 Å². The molecule has 0 bridgehead atoms. The Balaban J connectivity index is 1.97. The molecule has 7 nitrogen and oxygen atoms in total. The number of nitrogens with zero attached hydrogens (tertiary/aromatic N) is 1. The van der Waals surface area contributed by atoms with Gasteiger partial charge in [-0.3, -0.25) is 9.59 Å². The van der Waals surface area contributed by atoms with Crippen LogP contribution in [0.5, 0.6) is 0 Å². The molecule has 1 aliphatic heterocycles. The van der Waals surface area contributed by atoms with Crippen LogP contribution in [0.1, 0.15) is 27.5 Å². The molecule has 1 fully saturated rings. The van der Waals surface area contributed by atoms with Crippen molar-refractivity contribution in [2.45, 2.75) is 18.6 Å². The molecular weight excluding hydrogens is 309 g/mol. The molecule has 0 aliphatic carbocycles. The minimum absolute atomic E-state index is 0.0349. The van der Waals surface area contributed by atoms with E-state index in [0.717, 1.165) is 12.1 Å². The maximum Gasteiger partial charge on any atom is 0.406 e. The van der Waals surface area contributed by atoms with E-state index < -0.39 is 42.3 Å². The molecule has 0 unspecified atom stereocenters. The van der Waals surface area contributed by atoms with E-state index in [2.05, 4.69) is 5.32 Å². The van der Waals surface area contributed by atoms with E-state index in [1.54, 1.807) is 0 Å². The van der Waals surface area contributed by atoms with Crippen molar-refractivity contribution in [3.8, 4) is 0 Å². The summed E-state index contributed by atoms with van der Waals surface area (Å²) in [5, 5.41) is 10.9. The van der Waals surface area contributed by atoms with Crippen LogP contribution in [0.25, 0.3) is 0 Å². The van der Waals surface area contributed by atoms with Crippen molar-refractivity contribution in [2.24, 2.45) is 0 Å². The molecular formula is C12H11F3N2O5. The minimum Gasteiger partial charge on any atom is -0.475 e. The lowest BCUT2D eigenvalue weighted by Crippen LogP contribution is -2.43. The van der Waals surface area contributed by atoms with Gasteiger partial charge in [-0.1, -0.05) is 0 Å². The number of aromatic carboxylic acids is 1. The Bertz CT molecular complexity index is 610. The largest absolute Gasteiger partial charge is 0.475 e. The molecule has 1 aromatic heterocycles. The van der Waals surface area contributed by atoms with E-state index in [0.29, 0.717) is 4.90 Å². The Morgan fingerprint density at radius 3 is 2.55 bits per heavy atom. The third kappa shape index (κ3) is 3.57. The maximum absolute atomic E-state index is 12.3. The molecule has 1 aromatic rings. The first-order valence-electron chi connectivity index (χ1n) is 6.17. The zero-order valence-electron chi connectivity index (χ0n) is 11.0. The number of carbonyl (C=O) groups is 3. The van der Waals surface area contributed by atoms with Gasteiger partial charge in [-0.25, -0.2) is 4.79 Å². The summed E-state index contributed by atoms with van der Waals surface area (Å²) < 4.78 is 41.5. The Hall–Kier alpha value is -2.52. The lowest BCUT2D eigenvalue weighted by Gasteiger charge is -2.18. The van der Waals surface area contributed by atoms with Crippen LogP contribution in [-0.2, 0) is 4.79 Å². The highest BCUT2D eigenvalue weighted by molar-refractivity contribution is 5.97. The Kier molecular flexibility index (Phi) is 4.11. The van der Waals surface area contributed by atoms with Crippen LogP contribution in [0.2, 0.25) is 0 Å². The predicted molar refractivity (Wildman–Crippen MR) is 64.2 cm³/mol. The average molecular weight is 320 g/mol. The molecule has 2 rings (SSSR count). The second-order valence-electron chi connectivity index (χ2n) is 4.66. The number of rotatable bonds is 4. The van der Waals surface area contributed by atoms with Gasteiger partial charge in [0.2, 0.25) is 11.7 Å². The second kappa shape index (κ2) is 5.70. The smallest absolute Gasteiger partial charge is 0.406 e. The number of halogens is 3. The summed E-state index contributed by atoms with van der Waals surface area (Å²) in [5.41, 5.74) is 0. The number of nitrogens with one attached hydrogen (secondary N) is 1. The highest BCUT2D eigenvalue weighted by Crippen LogP contribution is 2.21. The van der Waals surface area contributed by atoms with Gasteiger partial charge in [0.15, 0.2) is 5.76 Å². The predicted octanol–water partition coefficient (Wildman–Crippen LogP) is 0.871. The van der Waals surface area contributed by atoms with E-state index in [9.17, 15) is 27.6 Å². The number of furan rings is 1. The number of hydrogen-bond donors (Lipinski definition) is 2. The number of hydrogen-bond acceptors (Lipinski definition) is 4. The summed E-state index contributed by atoms with van der Waals surface area (Å²) >= 11 is 0. The first-order valence-corrected chi connectivity index (χ1v) is 6.17. The van der Waals surface area contributed by atoms with E-state index in [4.69, 9.17) is 9.52 Å². The van der Waals surface area contributed by atoms with Gasteiger partial charge in [-0.2, -0.15) is 13.2 Å². The number of carboxylic acids is 1. The van der Waals surface area contributed by atoms with Crippen molar-refractivity contribution in [3.63, 3.8) is 0 Å². The highest BCUT2D eigenvalue weighted by atomic mass is 19.4. The first kappa shape index (κ1) is 15.9. The lowest BCUT2D eigenvalue weighted by molar-refractivity contribution is -0.157. The van der Waals surface area contributed by atoms with Crippen molar-refractivity contribution in [1.29, 1.82) is 0 Å². The summed E-state index contributed by atoms with van der Waals surface area (Å²) in [7, 11) is 0. The number of carboxylic acid groups (broad SMARTS) is 1. The van der Waals surface area contributed by atoms with Crippen molar-refractivity contribution in [2.75, 3.05) is 13.1 Å². The molecule has 0 saturated carbocycles. The summed E-state index contributed by atoms with van der Waals surface area (Å²) in [6, 6.07) is 1.07. The van der Waals surface area contributed by atoms with Crippen LogP contribution in [-0.4, -0.2) is 53.1 Å². The van der Waals surface area contributed by atoms with Crippen LogP contribution in [0.3, 0.4) is 0 Å². The molecule has 2 heterocycles. The second-order valence-corrected chi connectivity index (χ2v) is 4.66. The van der Waals surface area contributed by atoms with Crippen molar-refractivity contribution in [3.05, 3.63) is 23.7 Å². The van der Waals surface area contributed by atoms with E-state index in [1.165, 1.54) is 0 Å². The van der Waals surface area contributed by atoms with E-state index in [1.807, 2.05) is 0 Å². The van der Waals surface area contributed by atoms with Gasteiger partial charge in [-0.05, 0) is 18.6 Å². The summed E-state index contributed by atoms with van der Waals surface area (Å²) in [4.78, 5) is 34.8. The third-order valence-electron chi connectivity index (χ3n) is 3.01. The van der Waals surface area contributed by atoms with Gasteiger partial charge in [0, 0.05) is 6.54 Å². The standard InChI is InChI=1S/C12H11F3N2O5/c13-12(14,15)5-17-4-3-6(10(17)19)16-9(18)7-1-2-8(22-7)11(20)21/h1-2,6H,3-5H2,(H,16,18)(H,20,21)/t6-/m1/s1. The Morgan fingerprint density at radius 1 is 1.36 bits per heavy atom. The number of amides is 2. The zero-order valence-corrected chi connectivity index (χ0v) is 11.0. The lowest BCUT2D eigenvalue weighted by atomic mass is 10.2. The molecule has 10 heteroatoms. The number of likely N-dealkylation sites (tertiary alicyclic amines) is 1. The summed E-state index contributed by atoms with van der Waals surface area (Å²) in [6.07, 6.45) is -4.47. The van der Waals surface area contributed by atoms with Gasteiger partial charge in [0.25, 0.3) is 5.91 Å². The van der Waals surface area contributed by atoms with E-state index in [-0.39, 0.29) is 18.7 Å². The van der Waals surface area contributed by atoms with Gasteiger partial charge in [0.1, 0.15) is 12.6 Å². The molecule has 0 spiro atoms. The normalized spacial score (nSPS) is 18.6. The zero-order chi connectivity index (χ0) is 16.5. The van der Waals surface area contributed by atoms with Gasteiger partial charge in [0.05, 0.1) is 0 Å². The Labute approximate surface area is 121 Å². The minimum atomic E-state index is -4.51. The van der Waals surface area contributed by atoms with Crippen molar-refractivity contribution < 1.29 is 37.1 Å². The molecule has 1 atom stereocenters. The van der Waals surface area contributed by atoms with Crippen LogP contribution in [0.15, 0.2) is 16.5 Å². The quantitative estimate of drug-likeness (QED) is 0.857. The molecule has 1 saturated heterocycles. The van der Waals surface area contributed by atoms with E-state index >= 15 is 0 Å². The molecule has 1 aliphatic rings. The maximum atomic E-state index is 12.3. The summed E-state index contributed by atoms with van der Waals surface area (Å²) in [5.74, 6) is -3.86. The third-order valence-corrected chi connectivity index (χ3v) is 3.01. The molecule has 0 aromatic carbocycles. The van der Waals surface area contributed by atoms with Crippen molar-refractivity contribution in [1.82, 2.24) is 10.2 Å². The average Bonchev–Trinajstić information content (AvgIpc) is 2.99. The topological polar surface area (TPSA) is 99.8 Å². The molecule has 2 amide bonds. The first-order chi connectivity index (χ1) is 10.2. The summed E-state index contributed by atoms with van der Waals surface area (Å²) in [6.45, 7) is -1.50. The molecule has 0 radical (unpaired) electrons. The number of alkyl halides is 3. The van der Waals surface area contributed by atoms with Crippen LogP contribution >= 0.6 is 0 Å².